The van der Waals surface area contributed by atoms with Gasteiger partial charge >= 0.3 is 5.97 Å². The number of benzene rings is 3. The van der Waals surface area contributed by atoms with Crippen molar-refractivity contribution >= 4 is 16.0 Å². The number of aliphatic hydroxyl groups excluding tert-OH is 1. The van der Waals surface area contributed by atoms with Crippen LogP contribution in [0.2, 0.25) is 0 Å². The number of phenols is 1. The number of rotatable bonds is 16. The van der Waals surface area contributed by atoms with Gasteiger partial charge in [-0.05, 0) is 73.1 Å². The second-order valence-corrected chi connectivity index (χ2v) is 10.9. The molecule has 0 aliphatic rings. The fraction of sp³-hybridized carbons (Fsp3) is 0.345. The van der Waals surface area contributed by atoms with Crippen molar-refractivity contribution in [2.75, 3.05) is 33.4 Å². The Labute approximate surface area is 235 Å². The molecular weight excluding hydrogens is 536 g/mol. The highest BCUT2D eigenvalue weighted by atomic mass is 32.2. The summed E-state index contributed by atoms with van der Waals surface area (Å²) in [5.41, 5.74) is 2.92. The van der Waals surface area contributed by atoms with Crippen LogP contribution in [-0.4, -0.2) is 58.0 Å². The van der Waals surface area contributed by atoms with Crippen molar-refractivity contribution in [1.29, 1.82) is 0 Å². The molecule has 11 heteroatoms. The van der Waals surface area contributed by atoms with Crippen molar-refractivity contribution in [3.05, 3.63) is 89.0 Å². The number of carbonyl (C=O) groups is 1. The molecule has 0 saturated carbocycles. The predicted octanol–water partition coefficient (Wildman–Crippen LogP) is 2.82. The van der Waals surface area contributed by atoms with Crippen LogP contribution >= 0.6 is 0 Å². The van der Waals surface area contributed by atoms with E-state index in [1.165, 1.54) is 26.1 Å². The molecule has 1 atom stereocenters. The van der Waals surface area contributed by atoms with Crippen LogP contribution in [0.15, 0.2) is 71.6 Å². The van der Waals surface area contributed by atoms with Crippen molar-refractivity contribution in [3.63, 3.8) is 0 Å². The molecule has 0 radical (unpaired) electrons. The lowest BCUT2D eigenvalue weighted by Crippen LogP contribution is -2.23. The van der Waals surface area contributed by atoms with E-state index in [1.807, 2.05) is 24.3 Å². The van der Waals surface area contributed by atoms with Gasteiger partial charge in [-0.3, -0.25) is 4.79 Å². The van der Waals surface area contributed by atoms with Gasteiger partial charge in [0.1, 0.15) is 24.7 Å². The van der Waals surface area contributed by atoms with Crippen molar-refractivity contribution in [1.82, 2.24) is 10.0 Å². The van der Waals surface area contributed by atoms with Crippen LogP contribution in [0.4, 0.5) is 0 Å². The van der Waals surface area contributed by atoms with Gasteiger partial charge < -0.3 is 29.7 Å². The summed E-state index contributed by atoms with van der Waals surface area (Å²) < 4.78 is 42.4. The summed E-state index contributed by atoms with van der Waals surface area (Å²) in [7, 11) is -2.12. The van der Waals surface area contributed by atoms with E-state index < -0.39 is 22.1 Å². The van der Waals surface area contributed by atoms with Gasteiger partial charge in [-0.25, -0.2) is 13.1 Å². The molecule has 0 aliphatic carbocycles. The van der Waals surface area contributed by atoms with Gasteiger partial charge in [-0.1, -0.05) is 30.3 Å². The number of ether oxygens (including phenoxy) is 3. The van der Waals surface area contributed by atoms with E-state index in [4.69, 9.17) is 14.2 Å². The zero-order chi connectivity index (χ0) is 29.0. The van der Waals surface area contributed by atoms with Gasteiger partial charge in [0, 0.05) is 19.0 Å². The Morgan fingerprint density at radius 1 is 0.975 bits per heavy atom. The van der Waals surface area contributed by atoms with Gasteiger partial charge in [-0.2, -0.15) is 0 Å². The molecule has 40 heavy (non-hydrogen) atoms. The first-order valence-electron chi connectivity index (χ1n) is 12.8. The summed E-state index contributed by atoms with van der Waals surface area (Å²) in [6.07, 6.45) is -0.0221. The van der Waals surface area contributed by atoms with Crippen LogP contribution in [0.1, 0.15) is 35.3 Å². The number of sulfonamides is 1. The highest BCUT2D eigenvalue weighted by molar-refractivity contribution is 7.89. The smallest absolute Gasteiger partial charge is 0.302 e. The molecule has 216 valence electrons. The molecular formula is C29H36N2O8S. The molecule has 0 saturated heterocycles. The normalized spacial score (nSPS) is 12.2. The molecule has 0 spiro atoms. The summed E-state index contributed by atoms with van der Waals surface area (Å²) in [4.78, 5) is 11.2. The quantitative estimate of drug-likeness (QED) is 0.150. The minimum atomic E-state index is -3.49. The lowest BCUT2D eigenvalue weighted by atomic mass is 10.1. The highest BCUT2D eigenvalue weighted by Crippen LogP contribution is 2.23. The molecule has 0 unspecified atom stereocenters. The number of aliphatic hydroxyl groups is 1. The lowest BCUT2D eigenvalue weighted by Gasteiger charge is -2.14. The molecule has 0 bridgehead atoms. The van der Waals surface area contributed by atoms with E-state index in [2.05, 4.69) is 10.0 Å². The summed E-state index contributed by atoms with van der Waals surface area (Å²) >= 11 is 0. The Kier molecular flexibility index (Phi) is 11.9. The zero-order valence-electron chi connectivity index (χ0n) is 22.6. The number of nitrogens with one attached hydrogen (secondary N) is 2. The maximum atomic E-state index is 11.9. The fourth-order valence-corrected chi connectivity index (χ4v) is 4.58. The number of phenolic OH excluding ortho intramolecular Hbond substituents is 1. The maximum absolute atomic E-state index is 11.9. The van der Waals surface area contributed by atoms with E-state index in [9.17, 15) is 23.4 Å². The van der Waals surface area contributed by atoms with Gasteiger partial charge in [0.15, 0.2) is 0 Å². The van der Waals surface area contributed by atoms with Crippen molar-refractivity contribution in [2.24, 2.45) is 0 Å². The van der Waals surface area contributed by atoms with E-state index in [-0.39, 0.29) is 23.9 Å². The van der Waals surface area contributed by atoms with Gasteiger partial charge in [0.2, 0.25) is 10.0 Å². The number of hydrogen-bond acceptors (Lipinski definition) is 9. The molecule has 0 heterocycles. The zero-order valence-corrected chi connectivity index (χ0v) is 23.4. The first kappa shape index (κ1) is 31.1. The summed E-state index contributed by atoms with van der Waals surface area (Å²) in [6, 6.07) is 19.1. The first-order chi connectivity index (χ1) is 19.2. The van der Waals surface area contributed by atoms with Crippen molar-refractivity contribution in [2.45, 2.75) is 37.6 Å². The molecule has 3 aromatic carbocycles. The largest absolute Gasteiger partial charge is 0.508 e. The molecule has 0 amide bonds. The molecule has 0 aliphatic heterocycles. The van der Waals surface area contributed by atoms with E-state index in [0.29, 0.717) is 37.4 Å². The molecule has 0 aromatic heterocycles. The molecule has 4 N–H and O–H groups in total. The van der Waals surface area contributed by atoms with Crippen molar-refractivity contribution in [3.8, 4) is 11.5 Å². The minimum Gasteiger partial charge on any atom is -0.508 e. The number of esters is 1. The average molecular weight is 573 g/mol. The first-order valence-corrected chi connectivity index (χ1v) is 14.3. The Morgan fingerprint density at radius 2 is 1.75 bits per heavy atom. The van der Waals surface area contributed by atoms with Crippen LogP contribution in [0.3, 0.4) is 0 Å². The SMILES string of the molecule is CNS(=O)(=O)c1cccc(COCCOc2ccc(CCNC[C@H](O)c3ccc(O)c(COC(C)=O)c3)cc2)c1. The molecule has 3 aromatic rings. The predicted molar refractivity (Wildman–Crippen MR) is 149 cm³/mol. The fourth-order valence-electron chi connectivity index (χ4n) is 3.78. The van der Waals surface area contributed by atoms with Gasteiger partial charge in [0.05, 0.1) is 24.2 Å². The van der Waals surface area contributed by atoms with E-state index in [1.54, 1.807) is 30.3 Å². The Morgan fingerprint density at radius 3 is 2.48 bits per heavy atom. The number of hydrogen-bond donors (Lipinski definition) is 4. The van der Waals surface area contributed by atoms with Crippen LogP contribution in [-0.2, 0) is 43.9 Å². The Bertz CT molecular complexity index is 1350. The molecule has 3 rings (SSSR count). The van der Waals surface area contributed by atoms with Crippen LogP contribution in [0.25, 0.3) is 0 Å². The Hall–Kier alpha value is -3.48. The number of aromatic hydroxyl groups is 1. The molecule has 10 nitrogen and oxygen atoms in total. The third-order valence-corrected chi connectivity index (χ3v) is 7.43. The Balaban J connectivity index is 1.34. The second kappa shape index (κ2) is 15.3. The summed E-state index contributed by atoms with van der Waals surface area (Å²) in [5.74, 6) is 0.284. The van der Waals surface area contributed by atoms with E-state index >= 15 is 0 Å². The van der Waals surface area contributed by atoms with Gasteiger partial charge in [-0.15, -0.1) is 0 Å². The third kappa shape index (κ3) is 9.92. The highest BCUT2D eigenvalue weighted by Gasteiger charge is 2.12. The standard InChI is InChI=1S/C29H36N2O8S/c1-21(32)39-20-25-17-24(8-11-28(25)33)29(34)18-31-13-12-22-6-9-26(10-7-22)38-15-14-37-19-23-4-3-5-27(16-23)40(35,36)30-2/h3-11,16-17,29-31,33-34H,12-15,18-20H2,1-2H3/t29-/m0/s1. The third-order valence-electron chi connectivity index (χ3n) is 6.01. The summed E-state index contributed by atoms with van der Waals surface area (Å²) in [6.45, 7) is 3.20. The average Bonchev–Trinajstić information content (AvgIpc) is 2.95. The topological polar surface area (TPSA) is 143 Å². The number of carbonyl (C=O) groups excluding carboxylic acids is 1. The maximum Gasteiger partial charge on any atom is 0.302 e. The lowest BCUT2D eigenvalue weighted by molar-refractivity contribution is -0.142. The minimum absolute atomic E-state index is 0.00989. The van der Waals surface area contributed by atoms with Gasteiger partial charge in [0.25, 0.3) is 0 Å². The molecule has 0 fully saturated rings. The monoisotopic (exact) mass is 572 g/mol. The van der Waals surface area contributed by atoms with Crippen molar-refractivity contribution < 1.29 is 37.6 Å². The second-order valence-electron chi connectivity index (χ2n) is 9.04. The van der Waals surface area contributed by atoms with Crippen LogP contribution in [0.5, 0.6) is 11.5 Å². The summed E-state index contributed by atoms with van der Waals surface area (Å²) in [5, 5.41) is 23.6. The van der Waals surface area contributed by atoms with Crippen LogP contribution in [0, 0.1) is 0 Å². The van der Waals surface area contributed by atoms with E-state index in [0.717, 1.165) is 23.3 Å². The van der Waals surface area contributed by atoms with Crippen LogP contribution < -0.4 is 14.8 Å².